The van der Waals surface area contributed by atoms with E-state index in [1.165, 1.54) is 6.42 Å². The molecule has 2 fully saturated rings. The quantitative estimate of drug-likeness (QED) is 0.889. The van der Waals surface area contributed by atoms with Gasteiger partial charge in [0, 0.05) is 44.3 Å². The Morgan fingerprint density at radius 3 is 2.81 bits per heavy atom. The summed E-state index contributed by atoms with van der Waals surface area (Å²) >= 11 is 0. The molecule has 1 amide bonds. The zero-order valence-corrected chi connectivity index (χ0v) is 15.8. The Balaban J connectivity index is 1.26. The van der Waals surface area contributed by atoms with Crippen molar-refractivity contribution >= 4 is 5.91 Å². The molecule has 2 aromatic heterocycles. The molecule has 0 spiro atoms. The molecule has 0 radical (unpaired) electrons. The largest absolute Gasteiger partial charge is 0.347 e. The Labute approximate surface area is 159 Å². The van der Waals surface area contributed by atoms with E-state index in [2.05, 4.69) is 42.1 Å². The molecule has 0 aromatic carbocycles. The first-order valence-corrected chi connectivity index (χ1v) is 10.0. The molecule has 142 valence electrons. The zero-order chi connectivity index (χ0) is 18.4. The number of likely N-dealkylation sites (tertiary alicyclic amines) is 1. The number of hydrogen-bond acceptors (Lipinski definition) is 5. The van der Waals surface area contributed by atoms with Crippen LogP contribution in [0.5, 0.6) is 0 Å². The van der Waals surface area contributed by atoms with E-state index in [-0.39, 0.29) is 5.91 Å². The van der Waals surface area contributed by atoms with Gasteiger partial charge in [-0.1, -0.05) is 6.07 Å². The number of fused-ring (bicyclic) bond motifs is 2. The summed E-state index contributed by atoms with van der Waals surface area (Å²) in [5.74, 6) is 2.54. The summed E-state index contributed by atoms with van der Waals surface area (Å²) in [7, 11) is 0. The summed E-state index contributed by atoms with van der Waals surface area (Å²) in [5.41, 5.74) is 2.20. The highest BCUT2D eigenvalue weighted by Gasteiger charge is 2.39. The minimum Gasteiger partial charge on any atom is -0.347 e. The number of rotatable bonds is 4. The fourth-order valence-electron chi connectivity index (χ4n) is 4.64. The molecule has 3 aliphatic rings. The number of carbonyl (C=O) groups excluding carboxylic acids is 1. The van der Waals surface area contributed by atoms with E-state index >= 15 is 0 Å². The van der Waals surface area contributed by atoms with Crippen LogP contribution in [0.1, 0.15) is 47.1 Å². The summed E-state index contributed by atoms with van der Waals surface area (Å²) in [5, 5.41) is 11.6. The highest BCUT2D eigenvalue weighted by atomic mass is 16.2. The lowest BCUT2D eigenvalue weighted by atomic mass is 9.89. The molecule has 2 aromatic rings. The highest BCUT2D eigenvalue weighted by Crippen LogP contribution is 2.33. The third-order valence-corrected chi connectivity index (χ3v) is 6.32. The van der Waals surface area contributed by atoms with Crippen LogP contribution in [0.4, 0.5) is 0 Å². The van der Waals surface area contributed by atoms with Gasteiger partial charge in [0.2, 0.25) is 5.82 Å². The van der Waals surface area contributed by atoms with Gasteiger partial charge in [-0.3, -0.25) is 14.7 Å². The van der Waals surface area contributed by atoms with E-state index in [0.717, 1.165) is 62.7 Å². The van der Waals surface area contributed by atoms with Crippen molar-refractivity contribution in [1.29, 1.82) is 0 Å². The lowest BCUT2D eigenvalue weighted by molar-refractivity contribution is 0.0898. The molecule has 1 N–H and O–H groups in total. The standard InChI is InChI=1S/C20H26N6O/c1-13-4-2-7-17(21-13)12-25-9-14-8-18-23-24-19(26(18)11-15(14)10-25)20(27)22-16-5-3-6-16/h2,4,7,14-16H,3,5-6,8-12H2,1H3,(H,22,27). The average molecular weight is 366 g/mol. The SMILES string of the molecule is Cc1cccc(CN2CC3Cc4nnc(C(=O)NC5CCC5)n4CC3C2)n1. The summed E-state index contributed by atoms with van der Waals surface area (Å²) in [6.45, 7) is 5.89. The third-order valence-electron chi connectivity index (χ3n) is 6.32. The molecule has 2 unspecified atom stereocenters. The number of pyridine rings is 1. The van der Waals surface area contributed by atoms with Crippen LogP contribution < -0.4 is 5.32 Å². The molecule has 4 heterocycles. The monoisotopic (exact) mass is 366 g/mol. The first-order chi connectivity index (χ1) is 13.2. The van der Waals surface area contributed by atoms with Gasteiger partial charge in [0.05, 0.1) is 5.69 Å². The maximum atomic E-state index is 12.6. The van der Waals surface area contributed by atoms with E-state index in [0.29, 0.717) is 23.7 Å². The minimum atomic E-state index is -0.0595. The van der Waals surface area contributed by atoms with Crippen molar-refractivity contribution in [3.8, 4) is 0 Å². The fourth-order valence-corrected chi connectivity index (χ4v) is 4.64. The maximum Gasteiger partial charge on any atom is 0.289 e. The van der Waals surface area contributed by atoms with Gasteiger partial charge in [0.1, 0.15) is 5.82 Å². The van der Waals surface area contributed by atoms with Crippen molar-refractivity contribution in [2.24, 2.45) is 11.8 Å². The second kappa shape index (κ2) is 6.71. The van der Waals surface area contributed by atoms with Crippen LogP contribution in [0.15, 0.2) is 18.2 Å². The topological polar surface area (TPSA) is 75.9 Å². The van der Waals surface area contributed by atoms with Crippen molar-refractivity contribution < 1.29 is 4.79 Å². The maximum absolute atomic E-state index is 12.6. The highest BCUT2D eigenvalue weighted by molar-refractivity contribution is 5.91. The molecule has 2 aliphatic heterocycles. The van der Waals surface area contributed by atoms with Gasteiger partial charge in [0.15, 0.2) is 0 Å². The van der Waals surface area contributed by atoms with Gasteiger partial charge in [-0.25, -0.2) is 0 Å². The van der Waals surface area contributed by atoms with Crippen molar-refractivity contribution in [2.45, 2.75) is 51.7 Å². The van der Waals surface area contributed by atoms with Crippen LogP contribution >= 0.6 is 0 Å². The summed E-state index contributed by atoms with van der Waals surface area (Å²) < 4.78 is 2.06. The predicted molar refractivity (Wildman–Crippen MR) is 100 cm³/mol. The molecule has 1 saturated heterocycles. The minimum absolute atomic E-state index is 0.0595. The van der Waals surface area contributed by atoms with E-state index in [4.69, 9.17) is 0 Å². The molecular weight excluding hydrogens is 340 g/mol. The Bertz CT molecular complexity index is 858. The number of aromatic nitrogens is 4. The average Bonchev–Trinajstić information content (AvgIpc) is 3.18. The number of aryl methyl sites for hydroxylation is 1. The molecule has 7 nitrogen and oxygen atoms in total. The lowest BCUT2D eigenvalue weighted by Gasteiger charge is -2.28. The Kier molecular flexibility index (Phi) is 4.19. The van der Waals surface area contributed by atoms with Gasteiger partial charge >= 0.3 is 0 Å². The molecule has 27 heavy (non-hydrogen) atoms. The molecule has 1 aliphatic carbocycles. The summed E-state index contributed by atoms with van der Waals surface area (Å²) in [4.78, 5) is 19.7. The second-order valence-electron chi connectivity index (χ2n) is 8.34. The Hall–Kier alpha value is -2.28. The summed E-state index contributed by atoms with van der Waals surface area (Å²) in [6, 6.07) is 6.54. The van der Waals surface area contributed by atoms with Crippen LogP contribution in [0.2, 0.25) is 0 Å². The van der Waals surface area contributed by atoms with Crippen LogP contribution in [-0.2, 0) is 19.5 Å². The smallest absolute Gasteiger partial charge is 0.289 e. The second-order valence-corrected chi connectivity index (χ2v) is 8.34. The van der Waals surface area contributed by atoms with Crippen molar-refractivity contribution in [2.75, 3.05) is 13.1 Å². The number of nitrogens with one attached hydrogen (secondary N) is 1. The first kappa shape index (κ1) is 16.9. The van der Waals surface area contributed by atoms with E-state index < -0.39 is 0 Å². The first-order valence-electron chi connectivity index (χ1n) is 10.0. The van der Waals surface area contributed by atoms with Gasteiger partial charge in [-0.05, 0) is 50.2 Å². The third kappa shape index (κ3) is 3.25. The van der Waals surface area contributed by atoms with Crippen molar-refractivity contribution in [1.82, 2.24) is 30.0 Å². The predicted octanol–water partition coefficient (Wildman–Crippen LogP) is 1.57. The molecule has 0 bridgehead atoms. The van der Waals surface area contributed by atoms with E-state index in [1.54, 1.807) is 0 Å². The van der Waals surface area contributed by atoms with Gasteiger partial charge in [0.25, 0.3) is 5.91 Å². The van der Waals surface area contributed by atoms with Crippen molar-refractivity contribution in [3.63, 3.8) is 0 Å². The number of hydrogen-bond donors (Lipinski definition) is 1. The molecule has 2 atom stereocenters. The molecule has 1 saturated carbocycles. The van der Waals surface area contributed by atoms with Crippen LogP contribution in [0, 0.1) is 18.8 Å². The Morgan fingerprint density at radius 1 is 1.19 bits per heavy atom. The molecular formula is C20H26N6O. The number of amides is 1. The zero-order valence-electron chi connectivity index (χ0n) is 15.8. The van der Waals surface area contributed by atoms with Crippen LogP contribution in [-0.4, -0.2) is 49.7 Å². The summed E-state index contributed by atoms with van der Waals surface area (Å²) in [6.07, 6.45) is 4.28. The van der Waals surface area contributed by atoms with Gasteiger partial charge in [-0.2, -0.15) is 0 Å². The van der Waals surface area contributed by atoms with Crippen LogP contribution in [0.25, 0.3) is 0 Å². The van der Waals surface area contributed by atoms with E-state index in [1.807, 2.05) is 13.0 Å². The number of nitrogens with zero attached hydrogens (tertiary/aromatic N) is 5. The molecule has 5 rings (SSSR count). The lowest BCUT2D eigenvalue weighted by Crippen LogP contribution is -2.41. The number of carbonyl (C=O) groups is 1. The molecule has 7 heteroatoms. The van der Waals surface area contributed by atoms with Gasteiger partial charge in [-0.15, -0.1) is 10.2 Å². The van der Waals surface area contributed by atoms with Gasteiger partial charge < -0.3 is 9.88 Å². The van der Waals surface area contributed by atoms with Crippen LogP contribution in [0.3, 0.4) is 0 Å². The normalized spacial score (nSPS) is 24.9. The fraction of sp³-hybridized carbons (Fsp3) is 0.600. The van der Waals surface area contributed by atoms with E-state index in [9.17, 15) is 4.79 Å². The Morgan fingerprint density at radius 2 is 2.04 bits per heavy atom. The van der Waals surface area contributed by atoms with Crippen molar-refractivity contribution in [3.05, 3.63) is 41.2 Å².